The third-order valence-electron chi connectivity index (χ3n) is 22.2. The molecular weight excluding hydrogens is 1390 g/mol. The van der Waals surface area contributed by atoms with E-state index in [1.807, 2.05) is 66.2 Å². The van der Waals surface area contributed by atoms with Crippen molar-refractivity contribution >= 4 is 53.4 Å². The number of pyridine rings is 2. The molecule has 2 aliphatic carbocycles. The van der Waals surface area contributed by atoms with Gasteiger partial charge in [0.05, 0.1) is 10.8 Å². The van der Waals surface area contributed by atoms with Crippen LogP contribution in [0.4, 0.5) is 0 Å². The smallest absolute Gasteiger partial charge is 0.164 e. The summed E-state index contributed by atoms with van der Waals surface area (Å²) < 4.78 is 8.69. The van der Waals surface area contributed by atoms with E-state index in [0.717, 1.165) is 77.6 Å². The zero-order valence-corrected chi connectivity index (χ0v) is 61.2. The van der Waals surface area contributed by atoms with Crippen molar-refractivity contribution in [3.63, 3.8) is 0 Å². The molecule has 0 unspecified atom stereocenters. The second kappa shape index (κ2) is 27.3. The molecule has 0 saturated carbocycles. The Morgan fingerprint density at radius 2 is 0.554 bits per heavy atom. The SMILES string of the molecule is c1ccc(C2(c3ccccc3)c3ccccc3-c3ccc(-c4nc(-c5ccc(-c6cccnc6)cc5)nc(-c5ccc6oc7ccccc7c6c5)n4)cc32)cc1.c1ccc(C2(c3ccccc3)c3ccccc3-c3ccc(-c4nc(-c5ccc(-c6cccnc6)cc5)nc(-c5ccc6sc7ccccc7c6c5)n4)cc32)cc1. The average Bonchev–Trinajstić information content (AvgIpc) is 1.56. The third kappa shape index (κ3) is 11.1. The van der Waals surface area contributed by atoms with E-state index in [9.17, 15) is 0 Å². The summed E-state index contributed by atoms with van der Waals surface area (Å²) in [4.78, 5) is 39.9. The number of para-hydroxylation sites is 1. The number of aromatic nitrogens is 8. The van der Waals surface area contributed by atoms with Gasteiger partial charge < -0.3 is 4.42 Å². The fourth-order valence-electron chi connectivity index (χ4n) is 17.1. The zero-order chi connectivity index (χ0) is 74.1. The lowest BCUT2D eigenvalue weighted by molar-refractivity contribution is 0.669. The molecule has 6 heterocycles. The van der Waals surface area contributed by atoms with E-state index < -0.39 is 10.8 Å². The summed E-state index contributed by atoms with van der Waals surface area (Å²) in [5.41, 5.74) is 25.1. The summed E-state index contributed by atoms with van der Waals surface area (Å²) >= 11 is 1.81. The fourth-order valence-corrected chi connectivity index (χ4v) is 18.2. The van der Waals surface area contributed by atoms with Crippen molar-refractivity contribution in [2.24, 2.45) is 0 Å². The Bertz CT molecular complexity index is 6480. The van der Waals surface area contributed by atoms with Crippen molar-refractivity contribution in [2.45, 2.75) is 10.8 Å². The molecule has 112 heavy (non-hydrogen) atoms. The van der Waals surface area contributed by atoms with Crippen molar-refractivity contribution in [3.8, 4) is 113 Å². The minimum atomic E-state index is -0.543. The van der Waals surface area contributed by atoms with Gasteiger partial charge in [0.2, 0.25) is 0 Å². The fraction of sp³-hybridized carbons (Fsp3) is 0.0196. The molecule has 0 atom stereocenters. The monoisotopic (exact) mass is 1450 g/mol. The molecule has 0 amide bonds. The Kier molecular flexibility index (Phi) is 16.0. The Morgan fingerprint density at radius 1 is 0.214 bits per heavy atom. The Morgan fingerprint density at radius 3 is 1.02 bits per heavy atom. The Hall–Kier alpha value is -14.6. The van der Waals surface area contributed by atoms with Crippen LogP contribution in [-0.2, 0) is 10.8 Å². The predicted octanol–water partition coefficient (Wildman–Crippen LogP) is 24.9. The van der Waals surface area contributed by atoms with Crippen LogP contribution >= 0.6 is 11.3 Å². The summed E-state index contributed by atoms with van der Waals surface area (Å²) in [7, 11) is 0. The normalized spacial score (nSPS) is 12.8. The quantitative estimate of drug-likeness (QED) is 0.118. The standard InChI is InChI=1S/C51H32N4O.C51H32N4S/c2*1-3-13-38(14-4-1)51(39-15-5-2-6-16-39)44-19-9-7-17-40(44)41-27-25-36(31-45(41)51)50-54-48(34-23-21-33(22-24-34)37-12-11-29-52-32-37)53-49(55-50)35-26-28-47-43(30-35)42-18-8-10-20-46(42)56-47/h2*1-32H. The van der Waals surface area contributed by atoms with Crippen LogP contribution in [-0.4, -0.2) is 39.9 Å². The predicted molar refractivity (Wildman–Crippen MR) is 454 cm³/mol. The van der Waals surface area contributed by atoms with Crippen LogP contribution < -0.4 is 0 Å². The van der Waals surface area contributed by atoms with Crippen LogP contribution in [0, 0.1) is 0 Å². The minimum absolute atomic E-state index is 0.531. The first-order chi connectivity index (χ1) is 55.5. The molecule has 0 aliphatic heterocycles. The van der Waals surface area contributed by atoms with Gasteiger partial charge in [-0.05, 0) is 162 Å². The van der Waals surface area contributed by atoms with Crippen LogP contribution in [0.2, 0.25) is 0 Å². The molecule has 20 aromatic rings. The van der Waals surface area contributed by atoms with Gasteiger partial charge >= 0.3 is 0 Å². The Balaban J connectivity index is 0.000000141. The molecule has 9 nitrogen and oxygen atoms in total. The molecule has 6 aromatic heterocycles. The van der Waals surface area contributed by atoms with Crippen LogP contribution in [0.1, 0.15) is 44.5 Å². The molecule has 0 radical (unpaired) electrons. The molecule has 0 spiro atoms. The van der Waals surface area contributed by atoms with Gasteiger partial charge in [-0.1, -0.05) is 291 Å². The topological polar surface area (TPSA) is 116 Å². The van der Waals surface area contributed by atoms with Crippen molar-refractivity contribution in [2.75, 3.05) is 0 Å². The summed E-state index contributed by atoms with van der Waals surface area (Å²) in [6.07, 6.45) is 7.34. The molecule has 14 aromatic carbocycles. The molecule has 0 saturated heterocycles. The van der Waals surface area contributed by atoms with Crippen molar-refractivity contribution < 1.29 is 4.42 Å². The molecule has 2 aliphatic rings. The number of rotatable bonds is 12. The van der Waals surface area contributed by atoms with Crippen molar-refractivity contribution in [1.29, 1.82) is 0 Å². The van der Waals surface area contributed by atoms with E-state index in [1.54, 1.807) is 12.4 Å². The molecule has 22 rings (SSSR count). The number of furan rings is 1. The molecule has 524 valence electrons. The van der Waals surface area contributed by atoms with Gasteiger partial charge in [-0.15, -0.1) is 11.3 Å². The molecule has 0 bridgehead atoms. The van der Waals surface area contributed by atoms with E-state index in [1.165, 1.54) is 86.9 Å². The van der Waals surface area contributed by atoms with Gasteiger partial charge in [-0.3, -0.25) is 9.97 Å². The highest BCUT2D eigenvalue weighted by Gasteiger charge is 2.48. The van der Waals surface area contributed by atoms with Gasteiger partial charge in [0.1, 0.15) is 11.2 Å². The maximum Gasteiger partial charge on any atom is 0.164 e. The highest BCUT2D eigenvalue weighted by molar-refractivity contribution is 7.25. The van der Waals surface area contributed by atoms with Gasteiger partial charge in [-0.25, -0.2) is 29.9 Å². The first-order valence-electron chi connectivity index (χ1n) is 37.6. The van der Waals surface area contributed by atoms with E-state index in [-0.39, 0.29) is 0 Å². The molecule has 10 heteroatoms. The van der Waals surface area contributed by atoms with E-state index in [4.69, 9.17) is 34.3 Å². The van der Waals surface area contributed by atoms with Crippen LogP contribution in [0.3, 0.4) is 0 Å². The summed E-state index contributed by atoms with van der Waals surface area (Å²) in [6, 6.07) is 129. The Labute approximate surface area is 650 Å². The maximum atomic E-state index is 6.18. The summed E-state index contributed by atoms with van der Waals surface area (Å²) in [5, 5.41) is 4.53. The highest BCUT2D eigenvalue weighted by atomic mass is 32.1. The lowest BCUT2D eigenvalue weighted by Gasteiger charge is -2.34. The number of nitrogens with zero attached hydrogens (tertiary/aromatic N) is 8. The van der Waals surface area contributed by atoms with Gasteiger partial charge in [-0.2, -0.15) is 0 Å². The van der Waals surface area contributed by atoms with E-state index in [0.29, 0.717) is 34.9 Å². The molecule has 0 fully saturated rings. The second-order valence-corrected chi connectivity index (χ2v) is 29.5. The molecular formula is C102H64N8OS. The minimum Gasteiger partial charge on any atom is -0.456 e. The number of hydrogen-bond acceptors (Lipinski definition) is 10. The van der Waals surface area contributed by atoms with Crippen LogP contribution in [0.15, 0.2) is 393 Å². The first kappa shape index (κ1) is 65.7. The van der Waals surface area contributed by atoms with E-state index >= 15 is 0 Å². The largest absolute Gasteiger partial charge is 0.456 e. The second-order valence-electron chi connectivity index (χ2n) is 28.4. The van der Waals surface area contributed by atoms with Crippen LogP contribution in [0.25, 0.3) is 155 Å². The van der Waals surface area contributed by atoms with Crippen molar-refractivity contribution in [1.82, 2.24) is 39.9 Å². The first-order valence-corrected chi connectivity index (χ1v) is 38.4. The van der Waals surface area contributed by atoms with Crippen LogP contribution in [0.5, 0.6) is 0 Å². The average molecular weight is 1450 g/mol. The number of fused-ring (bicyclic) bond motifs is 12. The summed E-state index contributed by atoms with van der Waals surface area (Å²) in [5.74, 6) is 3.69. The third-order valence-corrected chi connectivity index (χ3v) is 23.4. The highest BCUT2D eigenvalue weighted by Crippen LogP contribution is 2.59. The number of benzene rings is 14. The van der Waals surface area contributed by atoms with Gasteiger partial charge in [0.25, 0.3) is 0 Å². The van der Waals surface area contributed by atoms with Gasteiger partial charge in [0.15, 0.2) is 34.9 Å². The van der Waals surface area contributed by atoms with E-state index in [2.05, 4.69) is 331 Å². The number of thiophene rings is 1. The summed E-state index contributed by atoms with van der Waals surface area (Å²) in [6.45, 7) is 0. The van der Waals surface area contributed by atoms with Crippen molar-refractivity contribution in [3.05, 3.63) is 433 Å². The van der Waals surface area contributed by atoms with Gasteiger partial charge in [0, 0.05) is 89.1 Å². The lowest BCUT2D eigenvalue weighted by atomic mass is 9.67. The maximum absolute atomic E-state index is 6.18. The zero-order valence-electron chi connectivity index (χ0n) is 60.3. The lowest BCUT2D eigenvalue weighted by Crippen LogP contribution is -2.28. The number of hydrogen-bond donors (Lipinski definition) is 0. The molecule has 0 N–H and O–H groups in total.